The minimum atomic E-state index is -3.39. The van der Waals surface area contributed by atoms with Gasteiger partial charge in [0.05, 0.1) is 5.75 Å². The lowest BCUT2D eigenvalue weighted by Crippen LogP contribution is -2.43. The number of carbonyl (C=O) groups is 1. The van der Waals surface area contributed by atoms with Gasteiger partial charge in [0, 0.05) is 25.6 Å². The van der Waals surface area contributed by atoms with Crippen LogP contribution in [0, 0.1) is 12.8 Å². The Kier molecular flexibility index (Phi) is 6.39. The maximum atomic E-state index is 12.8. The van der Waals surface area contributed by atoms with Crippen LogP contribution in [-0.4, -0.2) is 31.7 Å². The zero-order valence-electron chi connectivity index (χ0n) is 17.8. The van der Waals surface area contributed by atoms with Gasteiger partial charge in [-0.05, 0) is 47.2 Å². The second-order valence-corrected chi connectivity index (χ2v) is 10.2. The van der Waals surface area contributed by atoms with Gasteiger partial charge in [-0.15, -0.1) is 0 Å². The van der Waals surface area contributed by atoms with Crippen LogP contribution in [0.5, 0.6) is 0 Å². The summed E-state index contributed by atoms with van der Waals surface area (Å²) in [6.07, 6.45) is 1.10. The quantitative estimate of drug-likeness (QED) is 0.635. The molecule has 1 saturated heterocycles. The van der Waals surface area contributed by atoms with Crippen molar-refractivity contribution < 1.29 is 13.2 Å². The number of hydrogen-bond acceptors (Lipinski definition) is 3. The molecule has 0 bridgehead atoms. The summed E-state index contributed by atoms with van der Waals surface area (Å²) in [7, 11) is -3.39. The summed E-state index contributed by atoms with van der Waals surface area (Å²) >= 11 is 0. The van der Waals surface area contributed by atoms with Gasteiger partial charge in [-0.2, -0.15) is 0 Å². The summed E-state index contributed by atoms with van der Waals surface area (Å²) in [6.45, 7) is 3.19. The number of hydrogen-bond donors (Lipinski definition) is 1. The monoisotopic (exact) mass is 436 g/mol. The van der Waals surface area contributed by atoms with Crippen molar-refractivity contribution >= 4 is 26.7 Å². The fourth-order valence-electron chi connectivity index (χ4n) is 4.23. The van der Waals surface area contributed by atoms with Crippen molar-refractivity contribution in [2.75, 3.05) is 13.1 Å². The van der Waals surface area contributed by atoms with Crippen molar-refractivity contribution in [2.45, 2.75) is 32.1 Å². The van der Waals surface area contributed by atoms with Crippen molar-refractivity contribution in [2.24, 2.45) is 5.92 Å². The van der Waals surface area contributed by atoms with Gasteiger partial charge >= 0.3 is 0 Å². The maximum Gasteiger partial charge on any atom is 0.223 e. The first kappa shape index (κ1) is 21.5. The molecule has 0 aromatic heterocycles. The third-order valence-electron chi connectivity index (χ3n) is 6.15. The number of piperidine rings is 1. The first-order valence-electron chi connectivity index (χ1n) is 10.7. The highest BCUT2D eigenvalue weighted by Gasteiger charge is 2.31. The Hall–Kier alpha value is -2.70. The van der Waals surface area contributed by atoms with Crippen molar-refractivity contribution in [3.8, 4) is 0 Å². The lowest BCUT2D eigenvalue weighted by molar-refractivity contribution is -0.126. The fraction of sp³-hybridized carbons (Fsp3) is 0.320. The van der Waals surface area contributed by atoms with E-state index in [-0.39, 0.29) is 17.6 Å². The number of carbonyl (C=O) groups excluding carboxylic acids is 1. The van der Waals surface area contributed by atoms with Crippen LogP contribution < -0.4 is 5.32 Å². The van der Waals surface area contributed by atoms with E-state index >= 15 is 0 Å². The molecule has 0 aliphatic carbocycles. The van der Waals surface area contributed by atoms with Crippen LogP contribution in [0.3, 0.4) is 0 Å². The van der Waals surface area contributed by atoms with E-state index < -0.39 is 10.0 Å². The van der Waals surface area contributed by atoms with Crippen LogP contribution in [0.2, 0.25) is 0 Å². The van der Waals surface area contributed by atoms with Gasteiger partial charge in [-0.3, -0.25) is 4.79 Å². The van der Waals surface area contributed by atoms with Gasteiger partial charge in [-0.25, -0.2) is 12.7 Å². The van der Waals surface area contributed by atoms with Gasteiger partial charge in [0.25, 0.3) is 0 Å². The summed E-state index contributed by atoms with van der Waals surface area (Å²) in [4.78, 5) is 12.7. The number of rotatable bonds is 6. The molecule has 1 N–H and O–H groups in total. The Labute approximate surface area is 184 Å². The smallest absolute Gasteiger partial charge is 0.223 e. The number of fused-ring (bicyclic) bond motifs is 1. The van der Waals surface area contributed by atoms with Crippen LogP contribution >= 0.6 is 0 Å². The normalized spacial score (nSPS) is 15.8. The van der Waals surface area contributed by atoms with Gasteiger partial charge < -0.3 is 5.32 Å². The zero-order valence-corrected chi connectivity index (χ0v) is 18.6. The summed E-state index contributed by atoms with van der Waals surface area (Å²) < 4.78 is 27.2. The van der Waals surface area contributed by atoms with Crippen molar-refractivity contribution in [1.82, 2.24) is 9.62 Å². The van der Waals surface area contributed by atoms with Gasteiger partial charge in [0.1, 0.15) is 0 Å². The van der Waals surface area contributed by atoms with E-state index in [4.69, 9.17) is 0 Å². The first-order valence-corrected chi connectivity index (χ1v) is 12.3. The Morgan fingerprint density at radius 1 is 0.935 bits per heavy atom. The number of nitrogens with zero attached hydrogens (tertiary/aromatic N) is 1. The molecule has 0 unspecified atom stereocenters. The van der Waals surface area contributed by atoms with E-state index in [1.54, 1.807) is 0 Å². The van der Waals surface area contributed by atoms with E-state index in [1.165, 1.54) is 4.31 Å². The molecule has 0 radical (unpaired) electrons. The minimum Gasteiger partial charge on any atom is -0.352 e. The Balaban J connectivity index is 1.33. The van der Waals surface area contributed by atoms with Crippen molar-refractivity contribution in [3.63, 3.8) is 0 Å². The second-order valence-electron chi connectivity index (χ2n) is 8.21. The predicted octanol–water partition coefficient (Wildman–Crippen LogP) is 4.01. The summed E-state index contributed by atoms with van der Waals surface area (Å²) in [6, 6.07) is 21.8. The number of benzene rings is 3. The highest BCUT2D eigenvalue weighted by molar-refractivity contribution is 7.88. The maximum absolute atomic E-state index is 12.8. The Morgan fingerprint density at radius 3 is 2.35 bits per heavy atom. The third-order valence-corrected chi connectivity index (χ3v) is 7.98. The molecule has 0 saturated carbocycles. The molecule has 1 fully saturated rings. The SMILES string of the molecule is Cc1ccccc1CS(=O)(=O)N1CCC(C(=O)NCc2cccc3ccccc23)CC1. The third kappa shape index (κ3) is 4.97. The van der Waals surface area contributed by atoms with Crippen molar-refractivity contribution in [1.29, 1.82) is 0 Å². The summed E-state index contributed by atoms with van der Waals surface area (Å²) in [5.41, 5.74) is 2.90. The van der Waals surface area contributed by atoms with E-state index in [0.29, 0.717) is 32.5 Å². The highest BCUT2D eigenvalue weighted by Crippen LogP contribution is 2.23. The first-order chi connectivity index (χ1) is 14.9. The zero-order chi connectivity index (χ0) is 21.8. The molecule has 1 amide bonds. The lowest BCUT2D eigenvalue weighted by Gasteiger charge is -2.30. The van der Waals surface area contributed by atoms with Crippen LogP contribution in [0.15, 0.2) is 66.7 Å². The molecule has 0 atom stereocenters. The standard InChI is InChI=1S/C25H28N2O3S/c1-19-7-2-3-9-23(19)18-31(29,30)27-15-13-21(14-16-27)25(28)26-17-22-11-6-10-20-8-4-5-12-24(20)22/h2-12,21H,13-18H2,1H3,(H,26,28). The van der Waals surface area contributed by atoms with Gasteiger partial charge in [-0.1, -0.05) is 66.7 Å². The molecule has 5 nitrogen and oxygen atoms in total. The average molecular weight is 437 g/mol. The van der Waals surface area contributed by atoms with Crippen LogP contribution in [0.25, 0.3) is 10.8 Å². The summed E-state index contributed by atoms with van der Waals surface area (Å²) in [5, 5.41) is 5.35. The minimum absolute atomic E-state index is 0.00360. The summed E-state index contributed by atoms with van der Waals surface area (Å²) in [5.74, 6) is -0.138. The lowest BCUT2D eigenvalue weighted by atomic mass is 9.97. The van der Waals surface area contributed by atoms with Crippen LogP contribution in [-0.2, 0) is 27.1 Å². The molecule has 1 aliphatic heterocycles. The Bertz CT molecular complexity index is 1180. The number of amides is 1. The molecule has 162 valence electrons. The largest absolute Gasteiger partial charge is 0.352 e. The molecule has 31 heavy (non-hydrogen) atoms. The number of nitrogens with one attached hydrogen (secondary N) is 1. The molecule has 1 heterocycles. The molecule has 0 spiro atoms. The van der Waals surface area contributed by atoms with E-state index in [2.05, 4.69) is 23.5 Å². The average Bonchev–Trinajstić information content (AvgIpc) is 2.79. The molecule has 1 aliphatic rings. The molecule has 3 aromatic rings. The van der Waals surface area contributed by atoms with E-state index in [1.807, 2.05) is 55.5 Å². The topological polar surface area (TPSA) is 66.5 Å². The van der Waals surface area contributed by atoms with Crippen LogP contribution in [0.1, 0.15) is 29.5 Å². The van der Waals surface area contributed by atoms with Crippen LogP contribution in [0.4, 0.5) is 0 Å². The highest BCUT2D eigenvalue weighted by atomic mass is 32.2. The second kappa shape index (κ2) is 9.20. The Morgan fingerprint density at radius 2 is 1.58 bits per heavy atom. The van der Waals surface area contributed by atoms with Gasteiger partial charge in [0.15, 0.2) is 0 Å². The van der Waals surface area contributed by atoms with Gasteiger partial charge in [0.2, 0.25) is 15.9 Å². The van der Waals surface area contributed by atoms with E-state index in [0.717, 1.165) is 27.5 Å². The number of aryl methyl sites for hydroxylation is 1. The molecular weight excluding hydrogens is 408 g/mol. The molecular formula is C25H28N2O3S. The molecule has 6 heteroatoms. The molecule has 4 rings (SSSR count). The van der Waals surface area contributed by atoms with Crippen molar-refractivity contribution in [3.05, 3.63) is 83.4 Å². The fourth-order valence-corrected chi connectivity index (χ4v) is 5.90. The predicted molar refractivity (Wildman–Crippen MR) is 124 cm³/mol. The van der Waals surface area contributed by atoms with E-state index in [9.17, 15) is 13.2 Å². The number of sulfonamides is 1. The molecule has 3 aromatic carbocycles.